The number of aromatic nitrogens is 1. The molecule has 5 rings (SSSR count). The van der Waals surface area contributed by atoms with E-state index in [0.29, 0.717) is 37.2 Å². The van der Waals surface area contributed by atoms with E-state index in [9.17, 15) is 4.79 Å². The van der Waals surface area contributed by atoms with Crippen molar-refractivity contribution in [2.75, 3.05) is 13.2 Å². The number of aryl methyl sites for hydroxylation is 1. The van der Waals surface area contributed by atoms with Crippen LogP contribution >= 0.6 is 0 Å². The Morgan fingerprint density at radius 1 is 0.930 bits per heavy atom. The van der Waals surface area contributed by atoms with E-state index in [1.54, 1.807) is 20.8 Å². The van der Waals surface area contributed by atoms with Crippen LogP contribution in [0.2, 0.25) is 0 Å². The minimum absolute atomic E-state index is 0.318. The van der Waals surface area contributed by atoms with Gasteiger partial charge in [0.05, 0.1) is 18.9 Å². The summed E-state index contributed by atoms with van der Waals surface area (Å²) in [5.41, 5.74) is 4.22. The third-order valence-electron chi connectivity index (χ3n) is 8.13. The summed E-state index contributed by atoms with van der Waals surface area (Å²) in [6.45, 7) is 8.03. The molecule has 1 aliphatic carbocycles. The molecule has 4 aromatic rings. The molecule has 0 saturated heterocycles. The summed E-state index contributed by atoms with van der Waals surface area (Å²) in [6.07, 6.45) is 7.88. The number of hydrogen-bond donors (Lipinski definition) is 0. The average molecular weight is 582 g/mol. The Balaban J connectivity index is 1.26. The van der Waals surface area contributed by atoms with Gasteiger partial charge in [0.15, 0.2) is 5.60 Å². The SMILES string of the molecule is CCOC(=O)C(C)(C)Oc1ccc(OCCc2nc(-c3ccc(-c4ccccc4)cc3)oc2C)c(CC2CCCCC2)c1. The molecule has 6 nitrogen and oxygen atoms in total. The van der Waals surface area contributed by atoms with Gasteiger partial charge < -0.3 is 18.6 Å². The lowest BCUT2D eigenvalue weighted by molar-refractivity contribution is -0.158. The number of nitrogens with zero attached hydrogens (tertiary/aromatic N) is 1. The van der Waals surface area contributed by atoms with Crippen LogP contribution in [0.3, 0.4) is 0 Å². The number of carbonyl (C=O) groups excluding carboxylic acids is 1. The Morgan fingerprint density at radius 3 is 2.35 bits per heavy atom. The van der Waals surface area contributed by atoms with E-state index >= 15 is 0 Å². The highest BCUT2D eigenvalue weighted by molar-refractivity contribution is 5.79. The van der Waals surface area contributed by atoms with Crippen LogP contribution < -0.4 is 9.47 Å². The molecule has 1 saturated carbocycles. The average Bonchev–Trinajstić information content (AvgIpc) is 3.39. The van der Waals surface area contributed by atoms with Crippen molar-refractivity contribution in [3.8, 4) is 34.1 Å². The van der Waals surface area contributed by atoms with Gasteiger partial charge >= 0.3 is 5.97 Å². The molecule has 0 atom stereocenters. The molecule has 1 heterocycles. The van der Waals surface area contributed by atoms with Gasteiger partial charge in [0.1, 0.15) is 17.3 Å². The Bertz CT molecular complexity index is 1480. The molecule has 226 valence electrons. The molecular formula is C37H43NO5. The van der Waals surface area contributed by atoms with E-state index in [2.05, 4.69) is 36.4 Å². The second-order valence-corrected chi connectivity index (χ2v) is 11.9. The number of carbonyl (C=O) groups is 1. The summed E-state index contributed by atoms with van der Waals surface area (Å²) in [5.74, 6) is 3.17. The van der Waals surface area contributed by atoms with E-state index in [1.807, 2.05) is 43.3 Å². The maximum Gasteiger partial charge on any atom is 0.349 e. The Morgan fingerprint density at radius 2 is 1.63 bits per heavy atom. The highest BCUT2D eigenvalue weighted by atomic mass is 16.6. The number of rotatable bonds is 12. The highest BCUT2D eigenvalue weighted by Crippen LogP contribution is 2.34. The van der Waals surface area contributed by atoms with E-state index in [1.165, 1.54) is 37.7 Å². The monoisotopic (exact) mass is 581 g/mol. The molecule has 1 aromatic heterocycles. The van der Waals surface area contributed by atoms with E-state index in [-0.39, 0.29) is 5.97 Å². The molecule has 0 radical (unpaired) electrons. The number of oxazole rings is 1. The molecular weight excluding hydrogens is 538 g/mol. The summed E-state index contributed by atoms with van der Waals surface area (Å²) < 4.78 is 23.7. The zero-order valence-corrected chi connectivity index (χ0v) is 25.9. The van der Waals surface area contributed by atoms with Gasteiger partial charge in [-0.1, -0.05) is 74.6 Å². The van der Waals surface area contributed by atoms with Crippen molar-refractivity contribution in [1.82, 2.24) is 4.98 Å². The quantitative estimate of drug-likeness (QED) is 0.156. The first kappa shape index (κ1) is 30.4. The fourth-order valence-corrected chi connectivity index (χ4v) is 5.74. The molecule has 0 amide bonds. The standard InChI is InChI=1S/C37H43NO5/c1-5-40-36(39)37(3,4)43-32-20-21-34(31(25-32)24-27-12-8-6-9-13-27)41-23-22-33-26(2)42-35(38-33)30-18-16-29(17-19-30)28-14-10-7-11-15-28/h7,10-11,14-21,25,27H,5-6,8-9,12-13,22-24H2,1-4H3. The maximum absolute atomic E-state index is 12.4. The molecule has 3 aromatic carbocycles. The maximum atomic E-state index is 12.4. The number of hydrogen-bond acceptors (Lipinski definition) is 6. The van der Waals surface area contributed by atoms with Gasteiger partial charge in [0, 0.05) is 12.0 Å². The van der Waals surface area contributed by atoms with Crippen molar-refractivity contribution >= 4 is 5.97 Å². The smallest absolute Gasteiger partial charge is 0.349 e. The lowest BCUT2D eigenvalue weighted by Gasteiger charge is -2.26. The number of benzene rings is 3. The van der Waals surface area contributed by atoms with Crippen molar-refractivity contribution in [2.45, 2.75) is 78.2 Å². The van der Waals surface area contributed by atoms with E-state index in [0.717, 1.165) is 40.3 Å². The van der Waals surface area contributed by atoms with Crippen molar-refractivity contribution in [3.63, 3.8) is 0 Å². The normalized spacial score (nSPS) is 14.0. The molecule has 1 aliphatic rings. The lowest BCUT2D eigenvalue weighted by Crippen LogP contribution is -2.39. The molecule has 0 spiro atoms. The van der Waals surface area contributed by atoms with Crippen LogP contribution in [0.1, 0.15) is 69.9 Å². The second-order valence-electron chi connectivity index (χ2n) is 11.9. The van der Waals surface area contributed by atoms with Gasteiger partial charge in [-0.05, 0) is 87.1 Å². The predicted octanol–water partition coefficient (Wildman–Crippen LogP) is 8.78. The van der Waals surface area contributed by atoms with Gasteiger partial charge in [-0.2, -0.15) is 0 Å². The Kier molecular flexibility index (Phi) is 9.86. The summed E-state index contributed by atoms with van der Waals surface area (Å²) >= 11 is 0. The molecule has 1 fully saturated rings. The summed E-state index contributed by atoms with van der Waals surface area (Å²) in [7, 11) is 0. The van der Waals surface area contributed by atoms with Crippen molar-refractivity contribution < 1.29 is 23.4 Å². The number of ether oxygens (including phenoxy) is 3. The molecule has 0 N–H and O–H groups in total. The minimum Gasteiger partial charge on any atom is -0.493 e. The number of esters is 1. The first-order valence-corrected chi connectivity index (χ1v) is 15.6. The van der Waals surface area contributed by atoms with Crippen LogP contribution in [0.15, 0.2) is 77.2 Å². The van der Waals surface area contributed by atoms with Crippen molar-refractivity contribution in [2.24, 2.45) is 5.92 Å². The fraction of sp³-hybridized carbons (Fsp3) is 0.405. The van der Waals surface area contributed by atoms with Crippen LogP contribution in [0.5, 0.6) is 11.5 Å². The first-order chi connectivity index (χ1) is 20.8. The van der Waals surface area contributed by atoms with Gasteiger partial charge in [0.25, 0.3) is 0 Å². The molecule has 43 heavy (non-hydrogen) atoms. The summed E-state index contributed by atoms with van der Waals surface area (Å²) in [5, 5.41) is 0. The minimum atomic E-state index is -1.08. The van der Waals surface area contributed by atoms with Gasteiger partial charge in [-0.25, -0.2) is 9.78 Å². The summed E-state index contributed by atoms with van der Waals surface area (Å²) in [6, 6.07) is 24.5. The van der Waals surface area contributed by atoms with Gasteiger partial charge in [-0.15, -0.1) is 0 Å². The Labute approximate surface area is 255 Å². The lowest BCUT2D eigenvalue weighted by atomic mass is 9.84. The zero-order valence-electron chi connectivity index (χ0n) is 25.9. The van der Waals surface area contributed by atoms with Crippen LogP contribution in [-0.2, 0) is 22.4 Å². The van der Waals surface area contributed by atoms with Crippen molar-refractivity contribution in [3.05, 3.63) is 89.8 Å². The van der Waals surface area contributed by atoms with Crippen LogP contribution in [0.4, 0.5) is 0 Å². The fourth-order valence-electron chi connectivity index (χ4n) is 5.74. The molecule has 0 aliphatic heterocycles. The third kappa shape index (κ3) is 7.86. The van der Waals surface area contributed by atoms with Crippen LogP contribution in [0.25, 0.3) is 22.6 Å². The Hall–Kier alpha value is -4.06. The molecule has 0 bridgehead atoms. The highest BCUT2D eigenvalue weighted by Gasteiger charge is 2.32. The van der Waals surface area contributed by atoms with E-state index < -0.39 is 5.60 Å². The molecule has 0 unspecified atom stereocenters. The van der Waals surface area contributed by atoms with Crippen LogP contribution in [-0.4, -0.2) is 29.8 Å². The largest absolute Gasteiger partial charge is 0.493 e. The van der Waals surface area contributed by atoms with Crippen LogP contribution in [0, 0.1) is 12.8 Å². The topological polar surface area (TPSA) is 70.8 Å². The van der Waals surface area contributed by atoms with Gasteiger partial charge in [0.2, 0.25) is 5.89 Å². The predicted molar refractivity (Wildman–Crippen MR) is 169 cm³/mol. The first-order valence-electron chi connectivity index (χ1n) is 15.6. The van der Waals surface area contributed by atoms with Gasteiger partial charge in [-0.3, -0.25) is 0 Å². The second kappa shape index (κ2) is 13.9. The van der Waals surface area contributed by atoms with E-state index in [4.69, 9.17) is 23.6 Å². The third-order valence-corrected chi connectivity index (χ3v) is 8.13. The molecule has 6 heteroatoms. The summed E-state index contributed by atoms with van der Waals surface area (Å²) in [4.78, 5) is 17.2. The van der Waals surface area contributed by atoms with Crippen molar-refractivity contribution in [1.29, 1.82) is 0 Å². The zero-order chi connectivity index (χ0) is 30.2.